The van der Waals surface area contributed by atoms with E-state index in [1.165, 1.54) is 4.90 Å². The number of likely N-dealkylation sites (tertiary alicyclic amines) is 1. The Balaban J connectivity index is 2.63. The molecule has 0 aromatic carbocycles. The van der Waals surface area contributed by atoms with Crippen LogP contribution in [0.15, 0.2) is 12.8 Å². The minimum atomic E-state index is -0.482. The summed E-state index contributed by atoms with van der Waals surface area (Å²) < 4.78 is 4.64. The van der Waals surface area contributed by atoms with Crippen LogP contribution in [-0.2, 0) is 14.3 Å². The van der Waals surface area contributed by atoms with Crippen molar-refractivity contribution in [1.29, 1.82) is 0 Å². The lowest BCUT2D eigenvalue weighted by Crippen LogP contribution is -2.43. The highest BCUT2D eigenvalue weighted by Crippen LogP contribution is 2.18. The number of hydrogen-bond acceptors (Lipinski definition) is 4. The molecule has 5 nitrogen and oxygen atoms in total. The molecule has 1 atom stereocenters. The van der Waals surface area contributed by atoms with Crippen molar-refractivity contribution in [3.63, 3.8) is 0 Å². The summed E-state index contributed by atoms with van der Waals surface area (Å²) in [6.45, 7) is 3.80. The summed E-state index contributed by atoms with van der Waals surface area (Å²) in [4.78, 5) is 24.1. The van der Waals surface area contributed by atoms with E-state index in [2.05, 4.69) is 11.3 Å². The van der Waals surface area contributed by atoms with Crippen LogP contribution in [0, 0.1) is 0 Å². The predicted molar refractivity (Wildman–Crippen MR) is 50.1 cm³/mol. The lowest BCUT2D eigenvalue weighted by Gasteiger charge is -2.21. The zero-order chi connectivity index (χ0) is 10.6. The lowest BCUT2D eigenvalue weighted by atomic mass is 10.2. The van der Waals surface area contributed by atoms with Gasteiger partial charge in [-0.25, -0.2) is 4.79 Å². The van der Waals surface area contributed by atoms with E-state index in [1.807, 2.05) is 0 Å². The maximum absolute atomic E-state index is 11.3. The van der Waals surface area contributed by atoms with Gasteiger partial charge in [-0.05, 0) is 12.8 Å². The van der Waals surface area contributed by atoms with Crippen LogP contribution in [0.1, 0.15) is 12.8 Å². The van der Waals surface area contributed by atoms with Gasteiger partial charge in [0.2, 0.25) is 5.91 Å². The van der Waals surface area contributed by atoms with Gasteiger partial charge in [-0.3, -0.25) is 4.79 Å². The number of carbonyl (C=O) groups excluding carboxylic acids is 2. The summed E-state index contributed by atoms with van der Waals surface area (Å²) in [5, 5.41) is 0. The molecule has 2 N–H and O–H groups in total. The van der Waals surface area contributed by atoms with Gasteiger partial charge in [0.25, 0.3) is 0 Å². The van der Waals surface area contributed by atoms with Crippen LogP contribution in [0.2, 0.25) is 0 Å². The molecular weight excluding hydrogens is 184 g/mol. The monoisotopic (exact) mass is 198 g/mol. The molecular formula is C9H14N2O3. The molecule has 14 heavy (non-hydrogen) atoms. The molecule has 1 rings (SSSR count). The molecule has 78 valence electrons. The van der Waals surface area contributed by atoms with E-state index in [0.29, 0.717) is 13.0 Å². The molecule has 1 heterocycles. The van der Waals surface area contributed by atoms with Gasteiger partial charge in [0.1, 0.15) is 6.04 Å². The third-order valence-corrected chi connectivity index (χ3v) is 2.22. The Kier molecular flexibility index (Phi) is 3.64. The number of esters is 1. The van der Waals surface area contributed by atoms with E-state index in [9.17, 15) is 9.59 Å². The third-order valence-electron chi connectivity index (χ3n) is 2.22. The number of ether oxygens (including phenoxy) is 1. The number of nitrogens with two attached hydrogens (primary N) is 1. The zero-order valence-electron chi connectivity index (χ0n) is 7.94. The molecule has 1 saturated heterocycles. The van der Waals surface area contributed by atoms with Crippen molar-refractivity contribution in [3.05, 3.63) is 12.8 Å². The first-order valence-corrected chi connectivity index (χ1v) is 4.51. The SMILES string of the molecule is C=COC(=O)[C@@H]1CCCN1C(=O)CN. The van der Waals surface area contributed by atoms with Gasteiger partial charge in [-0.1, -0.05) is 6.58 Å². The minimum absolute atomic E-state index is 0.0716. The second kappa shape index (κ2) is 4.76. The molecule has 1 aliphatic rings. The fourth-order valence-corrected chi connectivity index (χ4v) is 1.59. The number of amides is 1. The first-order chi connectivity index (χ1) is 6.70. The van der Waals surface area contributed by atoms with Crippen molar-refractivity contribution in [2.45, 2.75) is 18.9 Å². The van der Waals surface area contributed by atoms with Crippen LogP contribution in [0.25, 0.3) is 0 Å². The molecule has 0 saturated carbocycles. The summed E-state index contributed by atoms with van der Waals surface area (Å²) in [5.74, 6) is -0.646. The second-order valence-electron chi connectivity index (χ2n) is 3.05. The van der Waals surface area contributed by atoms with Crippen molar-refractivity contribution >= 4 is 11.9 Å². The van der Waals surface area contributed by atoms with Gasteiger partial charge in [0.05, 0.1) is 12.8 Å². The van der Waals surface area contributed by atoms with Crippen LogP contribution < -0.4 is 5.73 Å². The quantitative estimate of drug-likeness (QED) is 0.495. The molecule has 5 heteroatoms. The Hall–Kier alpha value is -1.36. The molecule has 0 spiro atoms. The first-order valence-electron chi connectivity index (χ1n) is 4.51. The third kappa shape index (κ3) is 2.11. The topological polar surface area (TPSA) is 72.6 Å². The summed E-state index contributed by atoms with van der Waals surface area (Å²) in [5.41, 5.74) is 5.22. The standard InChI is InChI=1S/C9H14N2O3/c1-2-14-9(13)7-4-3-5-11(7)8(12)6-10/h2,7H,1,3-6,10H2/t7-/m0/s1. The van der Waals surface area contributed by atoms with E-state index in [0.717, 1.165) is 12.7 Å². The second-order valence-corrected chi connectivity index (χ2v) is 3.05. The van der Waals surface area contributed by atoms with E-state index in [-0.39, 0.29) is 12.5 Å². The lowest BCUT2D eigenvalue weighted by molar-refractivity contribution is -0.148. The average Bonchev–Trinajstić information content (AvgIpc) is 2.65. The zero-order valence-corrected chi connectivity index (χ0v) is 7.94. The van der Waals surface area contributed by atoms with E-state index >= 15 is 0 Å². The van der Waals surface area contributed by atoms with Gasteiger partial charge in [-0.15, -0.1) is 0 Å². The highest BCUT2D eigenvalue weighted by molar-refractivity contribution is 5.86. The number of nitrogens with zero attached hydrogens (tertiary/aromatic N) is 1. The van der Waals surface area contributed by atoms with Crippen molar-refractivity contribution < 1.29 is 14.3 Å². The molecule has 0 aromatic heterocycles. The van der Waals surface area contributed by atoms with E-state index in [1.54, 1.807) is 0 Å². The molecule has 0 aliphatic carbocycles. The molecule has 0 aromatic rings. The molecule has 0 radical (unpaired) electrons. The van der Waals surface area contributed by atoms with E-state index in [4.69, 9.17) is 5.73 Å². The van der Waals surface area contributed by atoms with Crippen LogP contribution >= 0.6 is 0 Å². The van der Waals surface area contributed by atoms with E-state index < -0.39 is 12.0 Å². The molecule has 1 aliphatic heterocycles. The molecule has 0 unspecified atom stereocenters. The average molecular weight is 198 g/mol. The van der Waals surface area contributed by atoms with Crippen molar-refractivity contribution in [2.75, 3.05) is 13.1 Å². The van der Waals surface area contributed by atoms with Crippen LogP contribution in [0.4, 0.5) is 0 Å². The van der Waals surface area contributed by atoms with Crippen LogP contribution in [0.3, 0.4) is 0 Å². The van der Waals surface area contributed by atoms with Crippen molar-refractivity contribution in [1.82, 2.24) is 4.90 Å². The normalized spacial score (nSPS) is 20.6. The number of carbonyl (C=O) groups is 2. The largest absolute Gasteiger partial charge is 0.434 e. The van der Waals surface area contributed by atoms with Gasteiger partial charge in [0.15, 0.2) is 0 Å². The van der Waals surface area contributed by atoms with Gasteiger partial charge in [0, 0.05) is 6.54 Å². The Morgan fingerprint density at radius 3 is 2.93 bits per heavy atom. The molecule has 1 amide bonds. The van der Waals surface area contributed by atoms with Gasteiger partial charge < -0.3 is 15.4 Å². The molecule has 0 bridgehead atoms. The molecule has 1 fully saturated rings. The maximum atomic E-state index is 11.3. The first kappa shape index (κ1) is 10.7. The summed E-state index contributed by atoms with van der Waals surface area (Å²) >= 11 is 0. The number of hydrogen-bond donors (Lipinski definition) is 1. The Labute approximate surface area is 82.5 Å². The van der Waals surface area contributed by atoms with Crippen molar-refractivity contribution in [3.8, 4) is 0 Å². The Morgan fingerprint density at radius 1 is 1.64 bits per heavy atom. The van der Waals surface area contributed by atoms with Crippen LogP contribution in [0.5, 0.6) is 0 Å². The van der Waals surface area contributed by atoms with Gasteiger partial charge >= 0.3 is 5.97 Å². The summed E-state index contributed by atoms with van der Waals surface area (Å²) in [6.07, 6.45) is 2.52. The van der Waals surface area contributed by atoms with Crippen LogP contribution in [-0.4, -0.2) is 35.9 Å². The summed E-state index contributed by atoms with van der Waals surface area (Å²) in [6, 6.07) is -0.482. The fourth-order valence-electron chi connectivity index (χ4n) is 1.59. The summed E-state index contributed by atoms with van der Waals surface area (Å²) in [7, 11) is 0. The fraction of sp³-hybridized carbons (Fsp3) is 0.556. The predicted octanol–water partition coefficient (Wildman–Crippen LogP) is -0.377. The highest BCUT2D eigenvalue weighted by Gasteiger charge is 2.34. The Morgan fingerprint density at radius 2 is 2.36 bits per heavy atom. The van der Waals surface area contributed by atoms with Gasteiger partial charge in [-0.2, -0.15) is 0 Å². The maximum Gasteiger partial charge on any atom is 0.333 e. The Bertz CT molecular complexity index is 252. The smallest absolute Gasteiger partial charge is 0.333 e. The van der Waals surface area contributed by atoms with Crippen molar-refractivity contribution in [2.24, 2.45) is 5.73 Å². The number of rotatable bonds is 3. The highest BCUT2D eigenvalue weighted by atomic mass is 16.5. The minimum Gasteiger partial charge on any atom is -0.434 e.